The van der Waals surface area contributed by atoms with E-state index in [1.54, 1.807) is 12.3 Å². The normalized spacial score (nSPS) is 12.8. The SMILES string of the molecule is O=c1[nH]c(=O)n(Cc2ccc3c(c2)OCCO3)c2nccc(-c3ccccc3)c12. The molecule has 0 saturated carbocycles. The summed E-state index contributed by atoms with van der Waals surface area (Å²) in [6.07, 6.45) is 1.61. The van der Waals surface area contributed by atoms with E-state index in [0.717, 1.165) is 16.7 Å². The number of H-pyrrole nitrogens is 1. The second-order valence-corrected chi connectivity index (χ2v) is 6.75. The number of nitrogens with one attached hydrogen (secondary N) is 1. The van der Waals surface area contributed by atoms with E-state index in [1.807, 2.05) is 48.5 Å². The van der Waals surface area contributed by atoms with Crippen molar-refractivity contribution in [2.24, 2.45) is 0 Å². The van der Waals surface area contributed by atoms with Crippen molar-refractivity contribution in [1.82, 2.24) is 14.5 Å². The van der Waals surface area contributed by atoms with Gasteiger partial charge in [0.2, 0.25) is 0 Å². The van der Waals surface area contributed by atoms with E-state index >= 15 is 0 Å². The molecule has 0 bridgehead atoms. The van der Waals surface area contributed by atoms with Gasteiger partial charge in [-0.25, -0.2) is 9.78 Å². The minimum atomic E-state index is -0.505. The minimum absolute atomic E-state index is 0.244. The first-order valence-corrected chi connectivity index (χ1v) is 9.26. The molecule has 2 aromatic carbocycles. The van der Waals surface area contributed by atoms with Crippen LogP contribution in [0.1, 0.15) is 5.56 Å². The number of ether oxygens (including phenoxy) is 2. The standard InChI is InChI=1S/C22H17N3O4/c26-21-19-16(15-4-2-1-3-5-15)8-9-23-20(19)25(22(27)24-21)13-14-6-7-17-18(12-14)29-11-10-28-17/h1-9,12H,10-11,13H2,(H,24,26,27). The molecule has 0 fully saturated rings. The molecule has 0 amide bonds. The summed E-state index contributed by atoms with van der Waals surface area (Å²) in [6, 6.07) is 16.9. The van der Waals surface area contributed by atoms with Crippen LogP contribution in [-0.2, 0) is 6.54 Å². The number of fused-ring (bicyclic) bond motifs is 2. The van der Waals surface area contributed by atoms with Crippen LogP contribution < -0.4 is 20.7 Å². The quantitative estimate of drug-likeness (QED) is 0.584. The zero-order valence-electron chi connectivity index (χ0n) is 15.4. The van der Waals surface area contributed by atoms with Gasteiger partial charge in [-0.1, -0.05) is 36.4 Å². The number of aromatic nitrogens is 3. The van der Waals surface area contributed by atoms with Gasteiger partial charge in [-0.05, 0) is 34.9 Å². The van der Waals surface area contributed by atoms with Crippen molar-refractivity contribution in [3.63, 3.8) is 0 Å². The van der Waals surface area contributed by atoms with Crippen LogP contribution in [0.3, 0.4) is 0 Å². The Bertz CT molecular complexity index is 1330. The smallest absolute Gasteiger partial charge is 0.330 e. The Morgan fingerprint density at radius 2 is 1.76 bits per heavy atom. The van der Waals surface area contributed by atoms with Crippen LogP contribution in [0.15, 0.2) is 70.4 Å². The van der Waals surface area contributed by atoms with Gasteiger partial charge in [0.25, 0.3) is 5.56 Å². The van der Waals surface area contributed by atoms with E-state index in [-0.39, 0.29) is 6.54 Å². The zero-order chi connectivity index (χ0) is 19.8. The molecule has 29 heavy (non-hydrogen) atoms. The molecule has 4 aromatic rings. The fourth-order valence-corrected chi connectivity index (χ4v) is 3.58. The summed E-state index contributed by atoms with van der Waals surface area (Å²) < 4.78 is 12.6. The Hall–Kier alpha value is -3.87. The molecule has 1 aliphatic heterocycles. The average Bonchev–Trinajstić information content (AvgIpc) is 2.76. The van der Waals surface area contributed by atoms with E-state index in [1.165, 1.54) is 4.57 Å². The molecule has 1 aliphatic rings. The highest BCUT2D eigenvalue weighted by Gasteiger charge is 2.16. The largest absolute Gasteiger partial charge is 0.486 e. The van der Waals surface area contributed by atoms with E-state index in [4.69, 9.17) is 9.47 Å². The van der Waals surface area contributed by atoms with E-state index < -0.39 is 11.2 Å². The lowest BCUT2D eigenvalue weighted by molar-refractivity contribution is 0.171. The molecular formula is C22H17N3O4. The van der Waals surface area contributed by atoms with Gasteiger partial charge in [-0.2, -0.15) is 0 Å². The van der Waals surface area contributed by atoms with E-state index in [2.05, 4.69) is 9.97 Å². The predicted molar refractivity (Wildman–Crippen MR) is 109 cm³/mol. The van der Waals surface area contributed by atoms with Crippen molar-refractivity contribution in [2.75, 3.05) is 13.2 Å². The van der Waals surface area contributed by atoms with Crippen molar-refractivity contribution >= 4 is 11.0 Å². The Balaban J connectivity index is 1.67. The summed E-state index contributed by atoms with van der Waals surface area (Å²) in [5.74, 6) is 1.33. The summed E-state index contributed by atoms with van der Waals surface area (Å²) >= 11 is 0. The van der Waals surface area contributed by atoms with Crippen LogP contribution in [0.5, 0.6) is 11.5 Å². The second kappa shape index (κ2) is 6.94. The van der Waals surface area contributed by atoms with Gasteiger partial charge in [0.15, 0.2) is 11.5 Å². The zero-order valence-corrected chi connectivity index (χ0v) is 15.4. The number of benzene rings is 2. The minimum Gasteiger partial charge on any atom is -0.486 e. The Morgan fingerprint density at radius 3 is 2.59 bits per heavy atom. The Kier molecular flexibility index (Phi) is 4.13. The van der Waals surface area contributed by atoms with Gasteiger partial charge in [-0.3, -0.25) is 14.3 Å². The topological polar surface area (TPSA) is 86.2 Å². The molecule has 2 aromatic heterocycles. The maximum atomic E-state index is 12.6. The molecular weight excluding hydrogens is 370 g/mol. The van der Waals surface area contributed by atoms with Crippen molar-refractivity contribution in [1.29, 1.82) is 0 Å². The maximum absolute atomic E-state index is 12.6. The summed E-state index contributed by atoms with van der Waals surface area (Å²) in [6.45, 7) is 1.25. The van der Waals surface area contributed by atoms with Crippen LogP contribution in [0.4, 0.5) is 0 Å². The molecule has 144 valence electrons. The summed E-state index contributed by atoms with van der Waals surface area (Å²) in [4.78, 5) is 32.0. The summed E-state index contributed by atoms with van der Waals surface area (Å²) in [5.41, 5.74) is 1.85. The summed E-state index contributed by atoms with van der Waals surface area (Å²) in [7, 11) is 0. The molecule has 0 unspecified atom stereocenters. The molecule has 0 atom stereocenters. The third-order valence-corrected chi connectivity index (χ3v) is 4.91. The maximum Gasteiger partial charge on any atom is 0.330 e. The highest BCUT2D eigenvalue weighted by atomic mass is 16.6. The first-order chi connectivity index (χ1) is 14.2. The fraction of sp³-hybridized carbons (Fsp3) is 0.136. The molecule has 3 heterocycles. The number of nitrogens with zero attached hydrogens (tertiary/aromatic N) is 2. The fourth-order valence-electron chi connectivity index (χ4n) is 3.58. The molecule has 0 radical (unpaired) electrons. The van der Waals surface area contributed by atoms with Crippen LogP contribution in [0.2, 0.25) is 0 Å². The highest BCUT2D eigenvalue weighted by Crippen LogP contribution is 2.31. The highest BCUT2D eigenvalue weighted by molar-refractivity contribution is 5.91. The number of aromatic amines is 1. The Labute approximate surface area is 165 Å². The third-order valence-electron chi connectivity index (χ3n) is 4.91. The van der Waals surface area contributed by atoms with Crippen LogP contribution >= 0.6 is 0 Å². The van der Waals surface area contributed by atoms with Gasteiger partial charge < -0.3 is 9.47 Å². The molecule has 7 heteroatoms. The second-order valence-electron chi connectivity index (χ2n) is 6.75. The lowest BCUT2D eigenvalue weighted by Crippen LogP contribution is -2.31. The van der Waals surface area contributed by atoms with Gasteiger partial charge in [0, 0.05) is 6.20 Å². The Morgan fingerprint density at radius 1 is 0.966 bits per heavy atom. The lowest BCUT2D eigenvalue weighted by atomic mass is 10.0. The number of hydrogen-bond donors (Lipinski definition) is 1. The van der Waals surface area contributed by atoms with Gasteiger partial charge in [0.1, 0.15) is 18.9 Å². The van der Waals surface area contributed by atoms with Crippen molar-refractivity contribution in [3.05, 3.63) is 87.2 Å². The predicted octanol–water partition coefficient (Wildman–Crippen LogP) is 2.57. The lowest BCUT2D eigenvalue weighted by Gasteiger charge is -2.19. The molecule has 0 aliphatic carbocycles. The first-order valence-electron chi connectivity index (χ1n) is 9.26. The van der Waals surface area contributed by atoms with E-state index in [9.17, 15) is 9.59 Å². The average molecular weight is 387 g/mol. The molecule has 1 N–H and O–H groups in total. The van der Waals surface area contributed by atoms with Gasteiger partial charge in [-0.15, -0.1) is 0 Å². The van der Waals surface area contributed by atoms with Crippen LogP contribution in [0, 0.1) is 0 Å². The summed E-state index contributed by atoms with van der Waals surface area (Å²) in [5, 5.41) is 0.385. The van der Waals surface area contributed by atoms with Crippen molar-refractivity contribution < 1.29 is 9.47 Å². The monoisotopic (exact) mass is 387 g/mol. The molecule has 5 rings (SSSR count). The van der Waals surface area contributed by atoms with E-state index in [0.29, 0.717) is 35.7 Å². The molecule has 7 nitrogen and oxygen atoms in total. The van der Waals surface area contributed by atoms with Crippen LogP contribution in [-0.4, -0.2) is 27.7 Å². The van der Waals surface area contributed by atoms with Gasteiger partial charge in [0.05, 0.1) is 11.9 Å². The number of hydrogen-bond acceptors (Lipinski definition) is 5. The van der Waals surface area contributed by atoms with Crippen molar-refractivity contribution in [2.45, 2.75) is 6.54 Å². The molecule has 0 saturated heterocycles. The van der Waals surface area contributed by atoms with Crippen molar-refractivity contribution in [3.8, 4) is 22.6 Å². The third kappa shape index (κ3) is 3.06. The molecule has 0 spiro atoms. The van der Waals surface area contributed by atoms with Crippen LogP contribution in [0.25, 0.3) is 22.2 Å². The number of rotatable bonds is 3. The van der Waals surface area contributed by atoms with Gasteiger partial charge >= 0.3 is 5.69 Å². The number of pyridine rings is 1. The first kappa shape index (κ1) is 17.2.